The summed E-state index contributed by atoms with van der Waals surface area (Å²) >= 11 is 0. The van der Waals surface area contributed by atoms with Gasteiger partial charge >= 0.3 is 6.18 Å². The number of aromatic nitrogens is 4. The fourth-order valence-electron chi connectivity index (χ4n) is 3.04. The lowest BCUT2D eigenvalue weighted by atomic mass is 9.98. The van der Waals surface area contributed by atoms with E-state index in [1.54, 1.807) is 13.8 Å². The van der Waals surface area contributed by atoms with Gasteiger partial charge in [-0.3, -0.25) is 9.59 Å². The number of hydrogen-bond acceptors (Lipinski definition) is 5. The number of nitrogens with zero attached hydrogens (tertiary/aromatic N) is 3. The van der Waals surface area contributed by atoms with E-state index in [0.29, 0.717) is 11.1 Å². The molecule has 0 aliphatic carbocycles. The van der Waals surface area contributed by atoms with Gasteiger partial charge < -0.3 is 10.3 Å². The first kappa shape index (κ1) is 26.6. The van der Waals surface area contributed by atoms with E-state index in [2.05, 4.69) is 37.1 Å². The number of carbonyl (C=O) groups is 1. The van der Waals surface area contributed by atoms with E-state index in [0.717, 1.165) is 12.1 Å². The molecule has 0 fully saturated rings. The highest BCUT2D eigenvalue weighted by molar-refractivity contribution is 5.78. The van der Waals surface area contributed by atoms with Crippen LogP contribution in [0.3, 0.4) is 0 Å². The van der Waals surface area contributed by atoms with Crippen LogP contribution in [0.15, 0.2) is 41.5 Å². The molecule has 2 aromatic heterocycles. The lowest BCUT2D eigenvalue weighted by molar-refractivity contribution is -0.137. The third kappa shape index (κ3) is 7.01. The van der Waals surface area contributed by atoms with Crippen LogP contribution in [-0.4, -0.2) is 25.8 Å². The van der Waals surface area contributed by atoms with Crippen molar-refractivity contribution in [2.24, 2.45) is 11.3 Å². The zero-order valence-electron chi connectivity index (χ0n) is 20.5. The summed E-state index contributed by atoms with van der Waals surface area (Å²) < 4.78 is 41.4. The molecule has 0 unspecified atom stereocenters. The molecular formula is C26H26F3N5O2. The molecule has 1 aromatic carbocycles. The number of amides is 1. The van der Waals surface area contributed by atoms with E-state index in [9.17, 15) is 22.8 Å². The number of halogens is 3. The summed E-state index contributed by atoms with van der Waals surface area (Å²) in [7, 11) is 0. The zero-order chi connectivity index (χ0) is 26.7. The van der Waals surface area contributed by atoms with E-state index in [1.165, 1.54) is 24.5 Å². The van der Waals surface area contributed by atoms with Crippen LogP contribution in [0.4, 0.5) is 13.2 Å². The van der Waals surface area contributed by atoms with Crippen LogP contribution in [0.1, 0.15) is 51.6 Å². The first-order valence-electron chi connectivity index (χ1n) is 11.2. The van der Waals surface area contributed by atoms with Crippen molar-refractivity contribution in [3.8, 4) is 34.5 Å². The van der Waals surface area contributed by atoms with Gasteiger partial charge in [-0.1, -0.05) is 25.8 Å². The molecular weight excluding hydrogens is 471 g/mol. The van der Waals surface area contributed by atoms with Crippen LogP contribution < -0.4 is 10.9 Å². The van der Waals surface area contributed by atoms with E-state index in [-0.39, 0.29) is 46.7 Å². The molecule has 0 aliphatic heterocycles. The predicted molar refractivity (Wildman–Crippen MR) is 129 cm³/mol. The number of alkyl halides is 3. The minimum atomic E-state index is -4.69. The van der Waals surface area contributed by atoms with Crippen LogP contribution in [0.2, 0.25) is 0 Å². The van der Waals surface area contributed by atoms with Crippen molar-refractivity contribution in [1.29, 1.82) is 0 Å². The Hall–Kier alpha value is -4.00. The van der Waals surface area contributed by atoms with Gasteiger partial charge in [0.2, 0.25) is 11.7 Å². The van der Waals surface area contributed by atoms with Gasteiger partial charge in [0.25, 0.3) is 5.56 Å². The van der Waals surface area contributed by atoms with Crippen molar-refractivity contribution in [2.75, 3.05) is 0 Å². The number of aromatic amines is 1. The van der Waals surface area contributed by atoms with Gasteiger partial charge in [0.15, 0.2) is 0 Å². The minimum absolute atomic E-state index is 0.0248. The van der Waals surface area contributed by atoms with Gasteiger partial charge in [-0.2, -0.15) is 13.2 Å². The van der Waals surface area contributed by atoms with Crippen molar-refractivity contribution in [3.63, 3.8) is 0 Å². The summed E-state index contributed by atoms with van der Waals surface area (Å²) in [5.41, 5.74) is -1.29. The number of benzene rings is 1. The summed E-state index contributed by atoms with van der Waals surface area (Å²) in [6, 6.07) is 4.60. The maximum atomic E-state index is 13.8. The second-order valence-corrected chi connectivity index (χ2v) is 9.52. The molecule has 10 heteroatoms. The third-order valence-corrected chi connectivity index (χ3v) is 4.87. The van der Waals surface area contributed by atoms with Crippen LogP contribution in [0.25, 0.3) is 22.6 Å². The van der Waals surface area contributed by atoms with Gasteiger partial charge in [0, 0.05) is 47.5 Å². The Morgan fingerprint density at radius 2 is 1.78 bits per heavy atom. The lowest BCUT2D eigenvalue weighted by Gasteiger charge is -2.15. The number of hydrogen-bond donors (Lipinski definition) is 2. The largest absolute Gasteiger partial charge is 0.417 e. The molecule has 0 bridgehead atoms. The van der Waals surface area contributed by atoms with Crippen molar-refractivity contribution in [1.82, 2.24) is 25.3 Å². The zero-order valence-corrected chi connectivity index (χ0v) is 20.5. The van der Waals surface area contributed by atoms with Crippen molar-refractivity contribution >= 4 is 5.91 Å². The van der Waals surface area contributed by atoms with E-state index >= 15 is 0 Å². The van der Waals surface area contributed by atoms with Crippen molar-refractivity contribution in [2.45, 2.75) is 47.3 Å². The fraction of sp³-hybridized carbons (Fsp3) is 0.346. The van der Waals surface area contributed by atoms with Gasteiger partial charge in [-0.05, 0) is 44.4 Å². The maximum absolute atomic E-state index is 13.8. The minimum Gasteiger partial charge on any atom is -0.352 e. The molecule has 3 aromatic rings. The topological polar surface area (TPSA) is 101 Å². The summed E-state index contributed by atoms with van der Waals surface area (Å²) in [5, 5.41) is 2.67. The molecule has 188 valence electrons. The summed E-state index contributed by atoms with van der Waals surface area (Å²) in [5.74, 6) is 5.36. The van der Waals surface area contributed by atoms with E-state index in [1.807, 2.05) is 20.8 Å². The molecule has 3 rings (SSSR count). The van der Waals surface area contributed by atoms with Crippen LogP contribution in [0, 0.1) is 23.2 Å². The Bertz CT molecular complexity index is 1380. The molecule has 2 N–H and O–H groups in total. The first-order chi connectivity index (χ1) is 16.7. The molecule has 0 spiro atoms. The second kappa shape index (κ2) is 10.3. The number of nitrogens with one attached hydrogen (secondary N) is 2. The van der Waals surface area contributed by atoms with Crippen LogP contribution >= 0.6 is 0 Å². The molecule has 1 amide bonds. The standard InChI is InChI=1S/C26H26F3N5O2/c1-15(2)24(36)32-12-16-6-7-19(26(27,28)29)18(10-16)23-33-20(11-22(35)34-23)17-13-30-21(31-14-17)8-9-25(3,4)5/h6-7,10-11,13-15H,12H2,1-5H3,(H,32,36)(H,33,34,35). The normalized spacial score (nSPS) is 11.7. The highest BCUT2D eigenvalue weighted by atomic mass is 19.4. The average molecular weight is 498 g/mol. The maximum Gasteiger partial charge on any atom is 0.417 e. The lowest BCUT2D eigenvalue weighted by Crippen LogP contribution is -2.27. The van der Waals surface area contributed by atoms with Crippen molar-refractivity contribution in [3.05, 3.63) is 64.0 Å². The Balaban J connectivity index is 2.03. The molecule has 36 heavy (non-hydrogen) atoms. The predicted octanol–water partition coefficient (Wildman–Crippen LogP) is 4.58. The Morgan fingerprint density at radius 3 is 2.36 bits per heavy atom. The van der Waals surface area contributed by atoms with Gasteiger partial charge in [0.05, 0.1) is 11.3 Å². The monoisotopic (exact) mass is 497 g/mol. The second-order valence-electron chi connectivity index (χ2n) is 9.52. The van der Waals surface area contributed by atoms with Gasteiger partial charge in [0.1, 0.15) is 5.82 Å². The third-order valence-electron chi connectivity index (χ3n) is 4.87. The Labute approximate surface area is 206 Å². The highest BCUT2D eigenvalue weighted by Gasteiger charge is 2.34. The SMILES string of the molecule is CC(C)C(=O)NCc1ccc(C(F)(F)F)c(-c2nc(-c3cnc(C#CC(C)(C)C)nc3)cc(=O)[nH]2)c1. The Morgan fingerprint density at radius 1 is 1.11 bits per heavy atom. The molecule has 0 radical (unpaired) electrons. The molecule has 0 saturated carbocycles. The smallest absolute Gasteiger partial charge is 0.352 e. The number of H-pyrrole nitrogens is 1. The Kier molecular flexibility index (Phi) is 7.62. The highest BCUT2D eigenvalue weighted by Crippen LogP contribution is 2.36. The fourth-order valence-corrected chi connectivity index (χ4v) is 3.04. The first-order valence-corrected chi connectivity index (χ1v) is 11.2. The average Bonchev–Trinajstić information content (AvgIpc) is 2.79. The summed E-state index contributed by atoms with van der Waals surface area (Å²) in [6.45, 7) is 9.27. The molecule has 0 aliphatic rings. The molecule has 0 saturated heterocycles. The van der Waals surface area contributed by atoms with E-state index in [4.69, 9.17) is 0 Å². The molecule has 7 nitrogen and oxygen atoms in total. The summed E-state index contributed by atoms with van der Waals surface area (Å²) in [4.78, 5) is 39.2. The number of rotatable bonds is 5. The molecule has 2 heterocycles. The van der Waals surface area contributed by atoms with Gasteiger partial charge in [-0.15, -0.1) is 0 Å². The quantitative estimate of drug-likeness (QED) is 0.503. The summed E-state index contributed by atoms with van der Waals surface area (Å²) in [6.07, 6.45) is -1.87. The van der Waals surface area contributed by atoms with Crippen LogP contribution in [-0.2, 0) is 17.5 Å². The van der Waals surface area contributed by atoms with Gasteiger partial charge in [-0.25, -0.2) is 15.0 Å². The van der Waals surface area contributed by atoms with Crippen LogP contribution in [0.5, 0.6) is 0 Å². The van der Waals surface area contributed by atoms with E-state index < -0.39 is 17.3 Å². The van der Waals surface area contributed by atoms with Crippen molar-refractivity contribution < 1.29 is 18.0 Å². The number of carbonyl (C=O) groups excluding carboxylic acids is 1. The molecule has 0 atom stereocenters.